The minimum Gasteiger partial charge on any atom is -0.508 e. The third kappa shape index (κ3) is 6.88. The molecular weight excluding hydrogens is 290 g/mol. The van der Waals surface area contributed by atoms with Crippen LogP contribution in [0.5, 0.6) is 5.75 Å². The monoisotopic (exact) mass is 315 g/mol. The molecular formula is C18H25N3O2. The van der Waals surface area contributed by atoms with Crippen LogP contribution < -0.4 is 5.32 Å². The Kier molecular flexibility index (Phi) is 8.30. The van der Waals surface area contributed by atoms with Crippen LogP contribution in [0.4, 0.5) is 5.69 Å². The fourth-order valence-corrected chi connectivity index (χ4v) is 2.03. The molecule has 2 N–H and O–H groups in total. The van der Waals surface area contributed by atoms with Crippen molar-refractivity contribution in [2.45, 2.75) is 39.5 Å². The van der Waals surface area contributed by atoms with E-state index in [9.17, 15) is 15.2 Å². The number of anilines is 1. The zero-order chi connectivity index (χ0) is 17.1. The van der Waals surface area contributed by atoms with Gasteiger partial charge in [-0.25, -0.2) is 0 Å². The Hall–Kier alpha value is -2.48. The van der Waals surface area contributed by atoms with Crippen LogP contribution in [0.25, 0.3) is 0 Å². The van der Waals surface area contributed by atoms with E-state index in [1.807, 2.05) is 11.0 Å². The minimum atomic E-state index is -0.434. The Balaban J connectivity index is 2.78. The quantitative estimate of drug-likeness (QED) is 0.414. The number of nitrogens with zero attached hydrogens (tertiary/aromatic N) is 2. The molecule has 0 aliphatic rings. The molecule has 1 rings (SSSR count). The number of hydrogen-bond acceptors (Lipinski definition) is 4. The maximum absolute atomic E-state index is 12.2. The van der Waals surface area contributed by atoms with Crippen LogP contribution in [0.15, 0.2) is 36.0 Å². The lowest BCUT2D eigenvalue weighted by Crippen LogP contribution is -2.23. The molecule has 124 valence electrons. The molecule has 0 aliphatic heterocycles. The number of nitriles is 1. The predicted molar refractivity (Wildman–Crippen MR) is 91.8 cm³/mol. The molecule has 5 heteroatoms. The van der Waals surface area contributed by atoms with E-state index in [-0.39, 0.29) is 11.3 Å². The van der Waals surface area contributed by atoms with Crippen LogP contribution in [-0.4, -0.2) is 29.0 Å². The molecule has 0 unspecified atom stereocenters. The second-order valence-electron chi connectivity index (χ2n) is 5.40. The Morgan fingerprint density at radius 2 is 1.78 bits per heavy atom. The zero-order valence-electron chi connectivity index (χ0n) is 13.9. The molecule has 23 heavy (non-hydrogen) atoms. The van der Waals surface area contributed by atoms with Gasteiger partial charge in [-0.1, -0.05) is 26.7 Å². The molecule has 1 amide bonds. The van der Waals surface area contributed by atoms with Gasteiger partial charge in [0.2, 0.25) is 0 Å². The second-order valence-corrected chi connectivity index (χ2v) is 5.40. The third-order valence-electron chi connectivity index (χ3n) is 3.40. The van der Waals surface area contributed by atoms with Crippen molar-refractivity contribution in [2.24, 2.45) is 0 Å². The summed E-state index contributed by atoms with van der Waals surface area (Å²) in [5.74, 6) is -0.305. The molecule has 5 nitrogen and oxygen atoms in total. The van der Waals surface area contributed by atoms with E-state index in [1.54, 1.807) is 18.3 Å². The number of carbonyl (C=O) groups is 1. The largest absolute Gasteiger partial charge is 0.508 e. The van der Waals surface area contributed by atoms with Crippen LogP contribution in [0, 0.1) is 11.3 Å². The van der Waals surface area contributed by atoms with E-state index in [0.717, 1.165) is 38.8 Å². The van der Waals surface area contributed by atoms with Gasteiger partial charge < -0.3 is 15.3 Å². The van der Waals surface area contributed by atoms with Crippen molar-refractivity contribution >= 4 is 11.6 Å². The molecule has 0 heterocycles. The first kappa shape index (κ1) is 18.6. The summed E-state index contributed by atoms with van der Waals surface area (Å²) in [5.41, 5.74) is 0.632. The smallest absolute Gasteiger partial charge is 0.267 e. The van der Waals surface area contributed by atoms with Gasteiger partial charge in [-0.2, -0.15) is 5.26 Å². The van der Waals surface area contributed by atoms with Gasteiger partial charge in [-0.15, -0.1) is 0 Å². The van der Waals surface area contributed by atoms with Crippen molar-refractivity contribution in [2.75, 3.05) is 18.4 Å². The fourth-order valence-electron chi connectivity index (χ4n) is 2.03. The Morgan fingerprint density at radius 1 is 1.22 bits per heavy atom. The molecule has 0 fully saturated rings. The molecule has 0 aliphatic carbocycles. The lowest BCUT2D eigenvalue weighted by molar-refractivity contribution is -0.112. The van der Waals surface area contributed by atoms with Crippen molar-refractivity contribution < 1.29 is 9.90 Å². The zero-order valence-corrected chi connectivity index (χ0v) is 13.9. The summed E-state index contributed by atoms with van der Waals surface area (Å²) in [7, 11) is 0. The van der Waals surface area contributed by atoms with Crippen molar-refractivity contribution in [3.05, 3.63) is 36.0 Å². The average molecular weight is 315 g/mol. The number of phenols is 1. The number of hydrogen-bond donors (Lipinski definition) is 2. The summed E-state index contributed by atoms with van der Waals surface area (Å²) in [6.07, 6.45) is 5.84. The maximum Gasteiger partial charge on any atom is 0.267 e. The standard InChI is InChI=1S/C18H25N3O2/c1-3-5-11-21(12-6-4-2)14-15(13-19)18(23)20-16-7-9-17(22)10-8-16/h7-10,14,22H,3-6,11-12H2,1-2H3,(H,20,23)/b15-14-. The average Bonchev–Trinajstić information content (AvgIpc) is 2.56. The SMILES string of the molecule is CCCCN(/C=C(/C#N)C(=O)Nc1ccc(O)cc1)CCCC. The molecule has 0 saturated carbocycles. The molecule has 1 aromatic carbocycles. The highest BCUT2D eigenvalue weighted by atomic mass is 16.3. The summed E-state index contributed by atoms with van der Waals surface area (Å²) in [6, 6.07) is 8.13. The van der Waals surface area contributed by atoms with Crippen LogP contribution in [0.1, 0.15) is 39.5 Å². The third-order valence-corrected chi connectivity index (χ3v) is 3.40. The first-order valence-electron chi connectivity index (χ1n) is 8.07. The van der Waals surface area contributed by atoms with Gasteiger partial charge in [0.05, 0.1) is 0 Å². The molecule has 0 spiro atoms. The van der Waals surface area contributed by atoms with E-state index in [2.05, 4.69) is 19.2 Å². The number of amides is 1. The van der Waals surface area contributed by atoms with Gasteiger partial charge in [-0.3, -0.25) is 4.79 Å². The van der Waals surface area contributed by atoms with Crippen LogP contribution >= 0.6 is 0 Å². The number of unbranched alkanes of at least 4 members (excludes halogenated alkanes) is 2. The lowest BCUT2D eigenvalue weighted by Gasteiger charge is -2.20. The first-order chi connectivity index (χ1) is 11.1. The Morgan fingerprint density at radius 3 is 2.26 bits per heavy atom. The summed E-state index contributed by atoms with van der Waals surface area (Å²) in [4.78, 5) is 14.3. The second kappa shape index (κ2) is 10.3. The van der Waals surface area contributed by atoms with Gasteiger partial charge in [0, 0.05) is 25.0 Å². The van der Waals surface area contributed by atoms with Gasteiger partial charge in [-0.05, 0) is 37.1 Å². The fraction of sp³-hybridized carbons (Fsp3) is 0.444. The summed E-state index contributed by atoms with van der Waals surface area (Å²) < 4.78 is 0. The van der Waals surface area contributed by atoms with Crippen LogP contribution in [0.2, 0.25) is 0 Å². The first-order valence-corrected chi connectivity index (χ1v) is 8.07. The molecule has 0 atom stereocenters. The lowest BCUT2D eigenvalue weighted by atomic mass is 10.2. The predicted octanol–water partition coefficient (Wildman–Crippen LogP) is 3.64. The number of benzene rings is 1. The number of phenolic OH excluding ortho intramolecular Hbond substituents is 1. The molecule has 0 radical (unpaired) electrons. The number of aromatic hydroxyl groups is 1. The molecule has 0 bridgehead atoms. The summed E-state index contributed by atoms with van der Waals surface area (Å²) >= 11 is 0. The van der Waals surface area contributed by atoms with E-state index >= 15 is 0 Å². The number of carbonyl (C=O) groups excluding carboxylic acids is 1. The molecule has 0 aromatic heterocycles. The molecule has 0 saturated heterocycles. The van der Waals surface area contributed by atoms with Gasteiger partial charge >= 0.3 is 0 Å². The topological polar surface area (TPSA) is 76.4 Å². The van der Waals surface area contributed by atoms with Gasteiger partial charge in [0.25, 0.3) is 5.91 Å². The number of rotatable bonds is 9. The summed E-state index contributed by atoms with van der Waals surface area (Å²) in [6.45, 7) is 5.91. The highest BCUT2D eigenvalue weighted by Crippen LogP contribution is 2.14. The van der Waals surface area contributed by atoms with Crippen molar-refractivity contribution in [1.82, 2.24) is 4.90 Å². The highest BCUT2D eigenvalue weighted by Gasteiger charge is 2.11. The Bertz CT molecular complexity index is 551. The normalized spacial score (nSPS) is 10.9. The van der Waals surface area contributed by atoms with Crippen molar-refractivity contribution in [3.8, 4) is 11.8 Å². The van der Waals surface area contributed by atoms with E-state index in [0.29, 0.717) is 5.69 Å². The van der Waals surface area contributed by atoms with E-state index < -0.39 is 5.91 Å². The van der Waals surface area contributed by atoms with Gasteiger partial charge in [0.15, 0.2) is 0 Å². The molecule has 1 aromatic rings. The maximum atomic E-state index is 12.2. The highest BCUT2D eigenvalue weighted by molar-refractivity contribution is 6.06. The van der Waals surface area contributed by atoms with Crippen LogP contribution in [-0.2, 0) is 4.79 Å². The van der Waals surface area contributed by atoms with Crippen LogP contribution in [0.3, 0.4) is 0 Å². The van der Waals surface area contributed by atoms with Crippen molar-refractivity contribution in [1.29, 1.82) is 5.26 Å². The minimum absolute atomic E-state index is 0.0882. The Labute approximate surface area is 138 Å². The van der Waals surface area contributed by atoms with E-state index in [4.69, 9.17) is 0 Å². The van der Waals surface area contributed by atoms with E-state index in [1.165, 1.54) is 12.1 Å². The summed E-state index contributed by atoms with van der Waals surface area (Å²) in [5, 5.41) is 21.2. The number of nitrogens with one attached hydrogen (secondary N) is 1. The van der Waals surface area contributed by atoms with Crippen molar-refractivity contribution in [3.63, 3.8) is 0 Å². The van der Waals surface area contributed by atoms with Gasteiger partial charge in [0.1, 0.15) is 17.4 Å².